The van der Waals surface area contributed by atoms with E-state index in [1.165, 1.54) is 41.6 Å². The molecule has 0 radical (unpaired) electrons. The standard InChI is InChI=1S/C47H44BrF2N7O8S/c1-31(2)56-44(58)47(66(60,61)62,32-8-4-3-5-9-32)57(45(56)59)36-15-13-34(14-16-36)53-22-24-54(25-23-53)35-17-19-37(20-18-35)63-27-42-64-43(38-10-6-7-11-40(38)48)46(65-42,28-55-30-51-29-52-55)39-21-12-33(49)26-41(39)50/h3-21,26,29-31,42-43H,22-25,27-28H2,1-2H3,(H,60,61,62)/t42-,43?,46-,47?/m0/s1. The average Bonchev–Trinajstić information content (AvgIpc) is 4.01. The van der Waals surface area contributed by atoms with E-state index < -0.39 is 62.6 Å². The predicted molar refractivity (Wildman–Crippen MR) is 243 cm³/mol. The minimum Gasteiger partial charge on any atom is -0.488 e. The average molecular weight is 985 g/mol. The lowest BCUT2D eigenvalue weighted by Gasteiger charge is -2.37. The molecule has 0 bridgehead atoms. The van der Waals surface area contributed by atoms with E-state index in [2.05, 4.69) is 35.8 Å². The number of hydrogen-bond donors (Lipinski definition) is 1. The first-order valence-electron chi connectivity index (χ1n) is 21.1. The molecule has 9 rings (SSSR count). The summed E-state index contributed by atoms with van der Waals surface area (Å²) in [6, 6.07) is 31.0. The van der Waals surface area contributed by atoms with Crippen molar-refractivity contribution in [1.82, 2.24) is 19.7 Å². The van der Waals surface area contributed by atoms with Crippen LogP contribution in [0.15, 0.2) is 138 Å². The van der Waals surface area contributed by atoms with Crippen LogP contribution in [0.3, 0.4) is 0 Å². The number of benzene rings is 5. The van der Waals surface area contributed by atoms with Gasteiger partial charge in [0.1, 0.15) is 48.4 Å². The van der Waals surface area contributed by atoms with E-state index in [9.17, 15) is 27.0 Å². The maximum atomic E-state index is 15.8. The second-order valence-corrected chi connectivity index (χ2v) is 18.8. The van der Waals surface area contributed by atoms with Crippen LogP contribution in [0.5, 0.6) is 5.75 Å². The molecule has 6 aromatic rings. The highest BCUT2D eigenvalue weighted by Crippen LogP contribution is 2.52. The van der Waals surface area contributed by atoms with Crippen LogP contribution in [-0.4, -0.2) is 89.7 Å². The molecule has 4 atom stereocenters. The zero-order valence-corrected chi connectivity index (χ0v) is 38.1. The molecule has 3 aliphatic heterocycles. The summed E-state index contributed by atoms with van der Waals surface area (Å²) in [5.74, 6) is -2.04. The van der Waals surface area contributed by atoms with Gasteiger partial charge in [-0.15, -0.1) is 0 Å². The second-order valence-electron chi connectivity index (χ2n) is 16.4. The van der Waals surface area contributed by atoms with Gasteiger partial charge in [-0.1, -0.05) is 70.5 Å². The predicted octanol–water partition coefficient (Wildman–Crippen LogP) is 7.65. The Morgan fingerprint density at radius 3 is 2.06 bits per heavy atom. The van der Waals surface area contributed by atoms with Gasteiger partial charge in [0.05, 0.1) is 6.54 Å². The number of hydrogen-bond acceptors (Lipinski definition) is 11. The lowest BCUT2D eigenvalue weighted by molar-refractivity contribution is -0.129. The Balaban J connectivity index is 0.874. The minimum atomic E-state index is -5.22. The van der Waals surface area contributed by atoms with Gasteiger partial charge in [-0.25, -0.2) is 23.2 Å². The van der Waals surface area contributed by atoms with Gasteiger partial charge in [0.15, 0.2) is 6.29 Å². The number of amides is 3. The summed E-state index contributed by atoms with van der Waals surface area (Å²) in [5, 5.41) is 4.26. The number of imide groups is 1. The Bertz CT molecular complexity index is 2840. The van der Waals surface area contributed by atoms with Gasteiger partial charge in [0, 0.05) is 70.9 Å². The smallest absolute Gasteiger partial charge is 0.333 e. The fourth-order valence-corrected chi connectivity index (χ4v) is 10.7. The highest BCUT2D eigenvalue weighted by atomic mass is 79.9. The maximum Gasteiger partial charge on any atom is 0.333 e. The maximum absolute atomic E-state index is 15.8. The van der Waals surface area contributed by atoms with Crippen molar-refractivity contribution in [3.8, 4) is 5.75 Å². The van der Waals surface area contributed by atoms with Gasteiger partial charge in [-0.2, -0.15) is 13.5 Å². The monoisotopic (exact) mass is 983 g/mol. The molecule has 5 aromatic carbocycles. The van der Waals surface area contributed by atoms with Crippen LogP contribution in [-0.2, 0) is 41.4 Å². The third-order valence-corrected chi connectivity index (χ3v) is 14.2. The highest BCUT2D eigenvalue weighted by Gasteiger charge is 2.67. The van der Waals surface area contributed by atoms with E-state index in [0.29, 0.717) is 42.0 Å². The van der Waals surface area contributed by atoms with Gasteiger partial charge in [-0.05, 0) is 80.1 Å². The van der Waals surface area contributed by atoms with Crippen molar-refractivity contribution in [3.63, 3.8) is 0 Å². The van der Waals surface area contributed by atoms with E-state index in [4.69, 9.17) is 14.2 Å². The zero-order chi connectivity index (χ0) is 46.4. The number of carbonyl (C=O) groups excluding carboxylic acids is 2. The molecular formula is C47H44BrF2N7O8S. The van der Waals surface area contributed by atoms with Crippen LogP contribution in [0.1, 0.15) is 36.6 Å². The first-order chi connectivity index (χ1) is 31.7. The Morgan fingerprint density at radius 2 is 1.47 bits per heavy atom. The summed E-state index contributed by atoms with van der Waals surface area (Å²) < 4.78 is 88.9. The number of rotatable bonds is 13. The Kier molecular flexibility index (Phi) is 12.2. The summed E-state index contributed by atoms with van der Waals surface area (Å²) >= 11 is 3.62. The minimum absolute atomic E-state index is 0.00314. The van der Waals surface area contributed by atoms with Gasteiger partial charge in [0.2, 0.25) is 0 Å². The quantitative estimate of drug-likeness (QED) is 0.0891. The van der Waals surface area contributed by atoms with E-state index in [-0.39, 0.29) is 30.0 Å². The lowest BCUT2D eigenvalue weighted by Crippen LogP contribution is -2.53. The lowest BCUT2D eigenvalue weighted by atomic mass is 9.84. The third-order valence-electron chi connectivity index (χ3n) is 12.1. The number of nitrogens with zero attached hydrogens (tertiary/aromatic N) is 7. The van der Waals surface area contributed by atoms with Crippen LogP contribution in [0.2, 0.25) is 0 Å². The second kappa shape index (κ2) is 17.9. The SMILES string of the molecule is CC(C)N1C(=O)N(c2ccc(N3CCN(c4ccc(OC[C@H]5OC(c6ccccc6Br)[C@](Cn6cncn6)(c6ccc(F)cc6F)O5)cc4)CC3)cc2)C(c2ccccc2)(S(=O)(=O)O)C1=O. The van der Waals surface area contributed by atoms with Crippen molar-refractivity contribution in [2.45, 2.75) is 49.3 Å². The molecule has 0 saturated carbocycles. The number of urea groups is 1. The van der Waals surface area contributed by atoms with Gasteiger partial charge in [0.25, 0.3) is 10.8 Å². The molecule has 1 N–H and O–H groups in total. The van der Waals surface area contributed by atoms with E-state index in [0.717, 1.165) is 27.2 Å². The summed E-state index contributed by atoms with van der Waals surface area (Å²) in [7, 11) is -5.22. The van der Waals surface area contributed by atoms with Crippen LogP contribution in [0.4, 0.5) is 30.6 Å². The topological polar surface area (TPSA) is 160 Å². The number of anilines is 3. The van der Waals surface area contributed by atoms with Crippen molar-refractivity contribution in [3.05, 3.63) is 167 Å². The first-order valence-corrected chi connectivity index (χ1v) is 23.3. The molecule has 342 valence electrons. The van der Waals surface area contributed by atoms with Crippen molar-refractivity contribution in [2.75, 3.05) is 47.5 Å². The van der Waals surface area contributed by atoms with E-state index >= 15 is 4.39 Å². The van der Waals surface area contributed by atoms with Gasteiger partial charge < -0.3 is 24.0 Å². The molecule has 2 unspecified atom stereocenters. The fraction of sp³-hybridized carbons (Fsp3) is 0.277. The number of carbonyl (C=O) groups is 2. The summed E-state index contributed by atoms with van der Waals surface area (Å²) in [6.07, 6.45) is 1.01. The Labute approximate surface area is 388 Å². The molecule has 15 nitrogen and oxygen atoms in total. The van der Waals surface area contributed by atoms with Crippen LogP contribution in [0.25, 0.3) is 0 Å². The molecular weight excluding hydrogens is 941 g/mol. The van der Waals surface area contributed by atoms with Crippen LogP contribution < -0.4 is 19.4 Å². The summed E-state index contributed by atoms with van der Waals surface area (Å²) in [5.41, 5.74) is 1.13. The fourth-order valence-electron chi connectivity index (χ4n) is 9.05. The number of ether oxygens (including phenoxy) is 3. The van der Waals surface area contributed by atoms with Crippen LogP contribution in [0, 0.1) is 11.6 Å². The molecule has 66 heavy (non-hydrogen) atoms. The molecule has 4 heterocycles. The molecule has 0 spiro atoms. The Morgan fingerprint density at radius 1 is 0.848 bits per heavy atom. The molecule has 3 saturated heterocycles. The van der Waals surface area contributed by atoms with Gasteiger partial charge in [-0.3, -0.25) is 19.1 Å². The van der Waals surface area contributed by atoms with Crippen molar-refractivity contribution in [2.24, 2.45) is 0 Å². The van der Waals surface area contributed by atoms with Crippen molar-refractivity contribution in [1.29, 1.82) is 0 Å². The van der Waals surface area contributed by atoms with Crippen molar-refractivity contribution < 1.29 is 45.6 Å². The zero-order valence-electron chi connectivity index (χ0n) is 35.7. The molecule has 3 fully saturated rings. The summed E-state index contributed by atoms with van der Waals surface area (Å²) in [6.45, 7) is 5.75. The van der Waals surface area contributed by atoms with Gasteiger partial charge >= 0.3 is 16.1 Å². The number of aromatic nitrogens is 3. The highest BCUT2D eigenvalue weighted by molar-refractivity contribution is 9.10. The third kappa shape index (κ3) is 7.97. The normalized spacial score (nSPS) is 22.5. The number of halogens is 3. The largest absolute Gasteiger partial charge is 0.488 e. The van der Waals surface area contributed by atoms with Crippen molar-refractivity contribution >= 4 is 55.0 Å². The van der Waals surface area contributed by atoms with Crippen LogP contribution >= 0.6 is 15.9 Å². The molecule has 1 aromatic heterocycles. The molecule has 0 aliphatic carbocycles. The van der Waals surface area contributed by atoms with E-state index in [1.807, 2.05) is 48.5 Å². The molecule has 3 aliphatic rings. The molecule has 3 amide bonds. The summed E-state index contributed by atoms with van der Waals surface area (Å²) in [4.78, 5) is 35.3. The molecule has 19 heteroatoms. The number of piperazine rings is 1. The first kappa shape index (κ1) is 44.9. The Hall–Kier alpha value is -6.25. The van der Waals surface area contributed by atoms with E-state index in [1.54, 1.807) is 56.3 Å².